The summed E-state index contributed by atoms with van der Waals surface area (Å²) in [5.74, 6) is -0.327. The molecule has 0 rings (SSSR count). The van der Waals surface area contributed by atoms with Gasteiger partial charge in [0.15, 0.2) is 0 Å². The van der Waals surface area contributed by atoms with Crippen LogP contribution in [0.4, 0.5) is 0 Å². The largest absolute Gasteiger partial charge is 0.481 e. The van der Waals surface area contributed by atoms with E-state index >= 15 is 0 Å². The molecular formula is C9H13NO3. The fourth-order valence-electron chi connectivity index (χ4n) is 0.740. The Bertz CT molecular complexity index is 242. The molecule has 4 nitrogen and oxygen atoms in total. The van der Waals surface area contributed by atoms with Gasteiger partial charge in [0, 0.05) is 5.92 Å². The first-order valence-electron chi connectivity index (χ1n) is 3.94. The Kier molecular flexibility index (Phi) is 4.60. The molecule has 1 amide bonds. The summed E-state index contributed by atoms with van der Waals surface area (Å²) < 4.78 is 0. The molecule has 0 aliphatic heterocycles. The van der Waals surface area contributed by atoms with Crippen molar-refractivity contribution >= 4 is 11.9 Å². The molecule has 0 aromatic rings. The summed E-state index contributed by atoms with van der Waals surface area (Å²) in [5, 5.41) is 11.0. The molecule has 2 N–H and O–H groups in total. The first kappa shape index (κ1) is 11.5. The van der Waals surface area contributed by atoms with Crippen molar-refractivity contribution in [1.29, 1.82) is 0 Å². The molecule has 2 atom stereocenters. The van der Waals surface area contributed by atoms with E-state index in [1.165, 1.54) is 6.92 Å². The summed E-state index contributed by atoms with van der Waals surface area (Å²) in [4.78, 5) is 21.7. The normalized spacial score (nSPS) is 13.9. The van der Waals surface area contributed by atoms with Crippen LogP contribution in [0, 0.1) is 24.2 Å². The van der Waals surface area contributed by atoms with E-state index in [0.717, 1.165) is 0 Å². The van der Waals surface area contributed by atoms with Crippen LogP contribution in [-0.2, 0) is 9.59 Å². The Morgan fingerprint density at radius 3 is 2.38 bits per heavy atom. The van der Waals surface area contributed by atoms with Crippen molar-refractivity contribution in [2.75, 3.05) is 6.54 Å². The molecule has 2 unspecified atom stereocenters. The zero-order valence-electron chi connectivity index (χ0n) is 7.70. The fourth-order valence-corrected chi connectivity index (χ4v) is 0.740. The maximum Gasteiger partial charge on any atom is 0.307 e. The van der Waals surface area contributed by atoms with E-state index < -0.39 is 17.8 Å². The molecular weight excluding hydrogens is 170 g/mol. The van der Waals surface area contributed by atoms with Crippen LogP contribution in [0.15, 0.2) is 0 Å². The van der Waals surface area contributed by atoms with Gasteiger partial charge in [-0.05, 0) is 0 Å². The van der Waals surface area contributed by atoms with Gasteiger partial charge in [0.1, 0.15) is 0 Å². The molecule has 72 valence electrons. The summed E-state index contributed by atoms with van der Waals surface area (Å²) in [5.41, 5.74) is 0. The Labute approximate surface area is 77.3 Å². The summed E-state index contributed by atoms with van der Waals surface area (Å²) in [7, 11) is 0. The molecule has 0 heterocycles. The molecule has 0 fully saturated rings. The van der Waals surface area contributed by atoms with Crippen molar-refractivity contribution < 1.29 is 14.7 Å². The lowest BCUT2D eigenvalue weighted by atomic mass is 9.95. The Hall–Kier alpha value is -1.50. The van der Waals surface area contributed by atoms with Gasteiger partial charge < -0.3 is 10.4 Å². The average molecular weight is 183 g/mol. The number of aliphatic carboxylic acids is 1. The van der Waals surface area contributed by atoms with Gasteiger partial charge in [-0.3, -0.25) is 9.59 Å². The second-order valence-electron chi connectivity index (χ2n) is 2.84. The number of terminal acetylenes is 1. The minimum absolute atomic E-state index is 0.134. The predicted octanol–water partition coefficient (Wildman–Crippen LogP) is 0.0926. The molecule has 0 saturated carbocycles. The summed E-state index contributed by atoms with van der Waals surface area (Å²) in [6.45, 7) is 3.18. The molecule has 13 heavy (non-hydrogen) atoms. The summed E-state index contributed by atoms with van der Waals surface area (Å²) >= 11 is 0. The van der Waals surface area contributed by atoms with Crippen LogP contribution in [0.1, 0.15) is 13.8 Å². The average Bonchev–Trinajstić information content (AvgIpc) is 2.11. The molecule has 0 radical (unpaired) electrons. The number of hydrogen-bond acceptors (Lipinski definition) is 2. The van der Waals surface area contributed by atoms with Crippen molar-refractivity contribution in [3.05, 3.63) is 0 Å². The lowest BCUT2D eigenvalue weighted by Gasteiger charge is -2.14. The quantitative estimate of drug-likeness (QED) is 0.607. The maximum absolute atomic E-state index is 11.2. The lowest BCUT2D eigenvalue weighted by Crippen LogP contribution is -2.35. The van der Waals surface area contributed by atoms with E-state index in [4.69, 9.17) is 11.5 Å². The minimum Gasteiger partial charge on any atom is -0.481 e. The number of carboxylic acid groups (broad SMARTS) is 1. The van der Waals surface area contributed by atoms with Crippen LogP contribution in [-0.4, -0.2) is 23.5 Å². The Morgan fingerprint density at radius 2 is 2.00 bits per heavy atom. The number of rotatable bonds is 4. The first-order chi connectivity index (χ1) is 6.00. The van der Waals surface area contributed by atoms with Gasteiger partial charge in [0.25, 0.3) is 0 Å². The third-order valence-corrected chi connectivity index (χ3v) is 1.92. The van der Waals surface area contributed by atoms with Crippen molar-refractivity contribution in [2.24, 2.45) is 11.8 Å². The molecule has 0 aromatic carbocycles. The van der Waals surface area contributed by atoms with Crippen molar-refractivity contribution in [3.63, 3.8) is 0 Å². The molecule has 0 aliphatic carbocycles. The van der Waals surface area contributed by atoms with Crippen LogP contribution >= 0.6 is 0 Å². The highest BCUT2D eigenvalue weighted by atomic mass is 16.4. The number of amides is 1. The standard InChI is InChI=1S/C9H13NO3/c1-4-5-10-8(11)6(2)7(3)9(12)13/h1,6-7H,5H2,2-3H3,(H,10,11)(H,12,13). The molecule has 0 spiro atoms. The van der Waals surface area contributed by atoms with Gasteiger partial charge in [-0.1, -0.05) is 19.8 Å². The van der Waals surface area contributed by atoms with Crippen LogP contribution in [0.3, 0.4) is 0 Å². The zero-order valence-corrected chi connectivity index (χ0v) is 7.70. The molecule has 4 heteroatoms. The number of carbonyl (C=O) groups excluding carboxylic acids is 1. The maximum atomic E-state index is 11.2. The van der Waals surface area contributed by atoms with Crippen LogP contribution < -0.4 is 5.32 Å². The van der Waals surface area contributed by atoms with E-state index in [1.807, 2.05) is 0 Å². The van der Waals surface area contributed by atoms with E-state index in [9.17, 15) is 9.59 Å². The lowest BCUT2D eigenvalue weighted by molar-refractivity contribution is -0.146. The van der Waals surface area contributed by atoms with E-state index in [2.05, 4.69) is 11.2 Å². The second-order valence-corrected chi connectivity index (χ2v) is 2.84. The molecule has 0 bridgehead atoms. The van der Waals surface area contributed by atoms with Gasteiger partial charge in [0.2, 0.25) is 5.91 Å². The number of hydrogen-bond donors (Lipinski definition) is 2. The third-order valence-electron chi connectivity index (χ3n) is 1.92. The predicted molar refractivity (Wildman–Crippen MR) is 47.8 cm³/mol. The number of carboxylic acids is 1. The van der Waals surface area contributed by atoms with Crippen molar-refractivity contribution in [3.8, 4) is 12.3 Å². The topological polar surface area (TPSA) is 66.4 Å². The Morgan fingerprint density at radius 1 is 1.46 bits per heavy atom. The highest BCUT2D eigenvalue weighted by Gasteiger charge is 2.24. The monoisotopic (exact) mass is 183 g/mol. The van der Waals surface area contributed by atoms with Crippen LogP contribution in [0.25, 0.3) is 0 Å². The minimum atomic E-state index is -0.983. The van der Waals surface area contributed by atoms with E-state index in [0.29, 0.717) is 0 Å². The second kappa shape index (κ2) is 5.20. The highest BCUT2D eigenvalue weighted by Crippen LogP contribution is 2.10. The van der Waals surface area contributed by atoms with E-state index in [1.54, 1.807) is 6.92 Å². The van der Waals surface area contributed by atoms with Gasteiger partial charge in [0.05, 0.1) is 12.5 Å². The highest BCUT2D eigenvalue weighted by molar-refractivity contribution is 5.84. The van der Waals surface area contributed by atoms with Crippen molar-refractivity contribution in [1.82, 2.24) is 5.32 Å². The zero-order chi connectivity index (χ0) is 10.4. The van der Waals surface area contributed by atoms with Crippen LogP contribution in [0.2, 0.25) is 0 Å². The molecule has 0 aliphatic rings. The first-order valence-corrected chi connectivity index (χ1v) is 3.94. The van der Waals surface area contributed by atoms with E-state index in [-0.39, 0.29) is 12.5 Å². The van der Waals surface area contributed by atoms with Gasteiger partial charge in [-0.2, -0.15) is 0 Å². The van der Waals surface area contributed by atoms with Crippen molar-refractivity contribution in [2.45, 2.75) is 13.8 Å². The van der Waals surface area contributed by atoms with Gasteiger partial charge in [-0.25, -0.2) is 0 Å². The van der Waals surface area contributed by atoms with Gasteiger partial charge in [-0.15, -0.1) is 6.42 Å². The SMILES string of the molecule is C#CCNC(=O)C(C)C(C)C(=O)O. The summed E-state index contributed by atoms with van der Waals surface area (Å²) in [6, 6.07) is 0. The summed E-state index contributed by atoms with van der Waals surface area (Å²) in [6.07, 6.45) is 4.93. The van der Waals surface area contributed by atoms with Gasteiger partial charge >= 0.3 is 5.97 Å². The fraction of sp³-hybridized carbons (Fsp3) is 0.556. The van der Waals surface area contributed by atoms with Crippen LogP contribution in [0.5, 0.6) is 0 Å². The smallest absolute Gasteiger partial charge is 0.307 e. The number of nitrogens with one attached hydrogen (secondary N) is 1. The molecule has 0 saturated heterocycles. The third kappa shape index (κ3) is 3.61. The Balaban J connectivity index is 4.11. The number of carbonyl (C=O) groups is 2. The molecule has 0 aromatic heterocycles.